The van der Waals surface area contributed by atoms with E-state index in [0.717, 1.165) is 67.5 Å². The number of hydrogen-bond acceptors (Lipinski definition) is 4. The van der Waals surface area contributed by atoms with E-state index in [0.29, 0.717) is 11.7 Å². The third-order valence-electron chi connectivity index (χ3n) is 8.06. The van der Waals surface area contributed by atoms with Gasteiger partial charge in [-0.2, -0.15) is 0 Å². The van der Waals surface area contributed by atoms with Gasteiger partial charge < -0.3 is 9.32 Å². The van der Waals surface area contributed by atoms with E-state index in [2.05, 4.69) is 16.8 Å². The van der Waals surface area contributed by atoms with E-state index < -0.39 is 0 Å². The van der Waals surface area contributed by atoms with Crippen molar-refractivity contribution in [2.45, 2.75) is 63.7 Å². The smallest absolute Gasteiger partial charge is 0.145 e. The van der Waals surface area contributed by atoms with Crippen molar-refractivity contribution in [3.63, 3.8) is 0 Å². The van der Waals surface area contributed by atoms with Gasteiger partial charge in [-0.3, -0.25) is 9.78 Å². The van der Waals surface area contributed by atoms with Gasteiger partial charge in [-0.05, 0) is 80.9 Å². The minimum absolute atomic E-state index is 0.122. The van der Waals surface area contributed by atoms with Crippen LogP contribution in [0.15, 0.2) is 53.3 Å². The van der Waals surface area contributed by atoms with Crippen LogP contribution in [-0.4, -0.2) is 35.3 Å². The van der Waals surface area contributed by atoms with Crippen LogP contribution in [0.2, 0.25) is 0 Å². The molecule has 0 amide bonds. The molecule has 5 heteroatoms. The number of Topliss-reactive ketones (excluding diaryl/α,β-unsaturated/α-hetero) is 1. The fraction of sp³-hybridized carbons (Fsp3) is 0.517. The average molecular weight is 463 g/mol. The number of carbonyl (C=O) groups is 1. The minimum atomic E-state index is -0.196. The summed E-state index contributed by atoms with van der Waals surface area (Å²) in [5.74, 6) is 0.916. The molecule has 1 aliphatic carbocycles. The molecule has 2 fully saturated rings. The van der Waals surface area contributed by atoms with Crippen molar-refractivity contribution in [3.05, 3.63) is 65.9 Å². The number of benzene rings is 1. The van der Waals surface area contributed by atoms with E-state index in [4.69, 9.17) is 4.42 Å². The molecule has 3 heterocycles. The highest BCUT2D eigenvalue weighted by molar-refractivity contribution is 5.87. The Hall–Kier alpha value is -2.53. The maximum atomic E-state index is 14.2. The number of nitrogens with zero attached hydrogens (tertiary/aromatic N) is 2. The molecule has 0 bridgehead atoms. The standard InChI is InChI=1S/C29H35FN2O2/c1-20-19-32(14-10-24(20)26-18-23(30)17-22-12-16-34-29(22)26)15-11-25(27-9-5-6-13-31-27)28(33)21-7-3-2-4-8-21/h5-6,9,12-13,16-18,20-21,24-25H,2-4,7-8,10-11,14-15,19H2,1H3/t20-,24-,25?/m0/s1. The third kappa shape index (κ3) is 4.95. The molecule has 1 saturated carbocycles. The van der Waals surface area contributed by atoms with Gasteiger partial charge in [0.25, 0.3) is 0 Å². The quantitative estimate of drug-likeness (QED) is 0.391. The Kier molecular flexibility index (Phi) is 7.10. The topological polar surface area (TPSA) is 46.3 Å². The summed E-state index contributed by atoms with van der Waals surface area (Å²) in [5, 5.41) is 0.837. The summed E-state index contributed by atoms with van der Waals surface area (Å²) >= 11 is 0. The van der Waals surface area contributed by atoms with E-state index in [9.17, 15) is 9.18 Å². The molecule has 34 heavy (non-hydrogen) atoms. The Balaban J connectivity index is 1.26. The van der Waals surface area contributed by atoms with Crippen LogP contribution in [0.5, 0.6) is 0 Å². The predicted molar refractivity (Wildman–Crippen MR) is 132 cm³/mol. The Morgan fingerprint density at radius 2 is 2.03 bits per heavy atom. The number of piperidine rings is 1. The molecule has 4 nitrogen and oxygen atoms in total. The van der Waals surface area contributed by atoms with Crippen molar-refractivity contribution >= 4 is 16.8 Å². The third-order valence-corrected chi connectivity index (χ3v) is 8.06. The van der Waals surface area contributed by atoms with Gasteiger partial charge in [-0.25, -0.2) is 4.39 Å². The van der Waals surface area contributed by atoms with Crippen LogP contribution in [0.25, 0.3) is 11.0 Å². The van der Waals surface area contributed by atoms with Crippen LogP contribution >= 0.6 is 0 Å². The van der Waals surface area contributed by atoms with Crippen molar-refractivity contribution in [3.8, 4) is 0 Å². The van der Waals surface area contributed by atoms with Crippen molar-refractivity contribution < 1.29 is 13.6 Å². The number of aromatic nitrogens is 1. The molecule has 1 aromatic carbocycles. The Labute approximate surface area is 201 Å². The van der Waals surface area contributed by atoms with Crippen molar-refractivity contribution in [2.24, 2.45) is 11.8 Å². The molecule has 180 valence electrons. The van der Waals surface area contributed by atoms with Crippen LogP contribution in [0.3, 0.4) is 0 Å². The SMILES string of the molecule is C[C@H]1CN(CCC(C(=O)C2CCCCC2)c2ccccn2)CC[C@@H]1c1cc(F)cc2ccoc12. The molecule has 2 aliphatic rings. The molecular weight excluding hydrogens is 427 g/mol. The molecule has 0 radical (unpaired) electrons. The lowest BCUT2D eigenvalue weighted by Crippen LogP contribution is -2.40. The van der Waals surface area contributed by atoms with Gasteiger partial charge in [-0.1, -0.05) is 32.3 Å². The van der Waals surface area contributed by atoms with Gasteiger partial charge in [0.15, 0.2) is 0 Å². The summed E-state index contributed by atoms with van der Waals surface area (Å²) in [4.78, 5) is 20.5. The van der Waals surface area contributed by atoms with E-state index in [-0.39, 0.29) is 23.6 Å². The molecule has 3 aromatic rings. The van der Waals surface area contributed by atoms with Crippen LogP contribution in [-0.2, 0) is 4.79 Å². The second kappa shape index (κ2) is 10.4. The zero-order valence-corrected chi connectivity index (χ0v) is 20.1. The van der Waals surface area contributed by atoms with Gasteiger partial charge in [0.1, 0.15) is 17.2 Å². The van der Waals surface area contributed by atoms with Crippen molar-refractivity contribution in [1.82, 2.24) is 9.88 Å². The van der Waals surface area contributed by atoms with Crippen molar-refractivity contribution in [1.29, 1.82) is 0 Å². The maximum absolute atomic E-state index is 14.2. The number of likely N-dealkylation sites (tertiary alicyclic amines) is 1. The fourth-order valence-corrected chi connectivity index (χ4v) is 6.25. The van der Waals surface area contributed by atoms with Gasteiger partial charge in [-0.15, -0.1) is 0 Å². The molecule has 1 unspecified atom stereocenters. The molecule has 3 atom stereocenters. The Morgan fingerprint density at radius 1 is 1.18 bits per heavy atom. The highest BCUT2D eigenvalue weighted by atomic mass is 19.1. The zero-order valence-electron chi connectivity index (χ0n) is 20.1. The van der Waals surface area contributed by atoms with Gasteiger partial charge in [0, 0.05) is 29.6 Å². The highest BCUT2D eigenvalue weighted by Crippen LogP contribution is 2.38. The summed E-state index contributed by atoms with van der Waals surface area (Å²) in [5.41, 5.74) is 2.73. The zero-order chi connectivity index (χ0) is 23.5. The molecule has 5 rings (SSSR count). The predicted octanol–water partition coefficient (Wildman–Crippen LogP) is 6.72. The summed E-state index contributed by atoms with van der Waals surface area (Å²) in [7, 11) is 0. The summed E-state index contributed by atoms with van der Waals surface area (Å²) in [6.07, 6.45) is 10.9. The molecule has 0 spiro atoms. The molecular formula is C29H35FN2O2. The number of carbonyl (C=O) groups excluding carboxylic acids is 1. The lowest BCUT2D eigenvalue weighted by molar-refractivity contribution is -0.125. The number of fused-ring (bicyclic) bond motifs is 1. The normalized spacial score (nSPS) is 23.2. The maximum Gasteiger partial charge on any atom is 0.145 e. The number of pyridine rings is 1. The van der Waals surface area contributed by atoms with Crippen LogP contribution in [0.4, 0.5) is 4.39 Å². The number of furan rings is 1. The monoisotopic (exact) mass is 462 g/mol. The Morgan fingerprint density at radius 3 is 2.79 bits per heavy atom. The second-order valence-electron chi connectivity index (χ2n) is 10.3. The lowest BCUT2D eigenvalue weighted by Gasteiger charge is -2.38. The first-order chi connectivity index (χ1) is 16.6. The lowest BCUT2D eigenvalue weighted by atomic mass is 9.79. The van der Waals surface area contributed by atoms with E-state index in [1.54, 1.807) is 24.6 Å². The van der Waals surface area contributed by atoms with Crippen LogP contribution in [0, 0.1) is 17.7 Å². The van der Waals surface area contributed by atoms with E-state index in [1.165, 1.54) is 19.3 Å². The van der Waals surface area contributed by atoms with E-state index >= 15 is 0 Å². The second-order valence-corrected chi connectivity index (χ2v) is 10.3. The van der Waals surface area contributed by atoms with Gasteiger partial charge >= 0.3 is 0 Å². The van der Waals surface area contributed by atoms with Crippen LogP contribution in [0.1, 0.15) is 75.0 Å². The first kappa shape index (κ1) is 23.2. The molecule has 2 aromatic heterocycles. The first-order valence-electron chi connectivity index (χ1n) is 12.9. The van der Waals surface area contributed by atoms with E-state index in [1.807, 2.05) is 24.3 Å². The number of halogens is 1. The van der Waals surface area contributed by atoms with Crippen LogP contribution < -0.4 is 0 Å². The largest absolute Gasteiger partial charge is 0.464 e. The number of ketones is 1. The van der Waals surface area contributed by atoms with Gasteiger partial charge in [0.05, 0.1) is 17.9 Å². The van der Waals surface area contributed by atoms with Gasteiger partial charge in [0.2, 0.25) is 0 Å². The van der Waals surface area contributed by atoms with Crippen molar-refractivity contribution in [2.75, 3.05) is 19.6 Å². The summed E-state index contributed by atoms with van der Waals surface area (Å²) in [6.45, 7) is 5.02. The highest BCUT2D eigenvalue weighted by Gasteiger charge is 2.33. The number of rotatable bonds is 7. The Bertz CT molecular complexity index is 1110. The summed E-state index contributed by atoms with van der Waals surface area (Å²) in [6, 6.07) is 11.0. The molecule has 1 aliphatic heterocycles. The average Bonchev–Trinajstić information content (AvgIpc) is 3.33. The minimum Gasteiger partial charge on any atom is -0.464 e. The molecule has 1 saturated heterocycles. The number of hydrogen-bond donors (Lipinski definition) is 0. The first-order valence-corrected chi connectivity index (χ1v) is 12.9. The fourth-order valence-electron chi connectivity index (χ4n) is 6.25. The molecule has 0 N–H and O–H groups in total. The summed E-state index contributed by atoms with van der Waals surface area (Å²) < 4.78 is 20.0.